The molecule has 14 heavy (non-hydrogen) atoms. The number of nitrogens with zero attached hydrogens (tertiary/aromatic N) is 1. The molecule has 0 aromatic carbocycles. The predicted octanol–water partition coefficient (Wildman–Crippen LogP) is -0.928. The van der Waals surface area contributed by atoms with Crippen molar-refractivity contribution in [1.82, 2.24) is 10.2 Å². The topological polar surface area (TPSA) is 75.4 Å². The van der Waals surface area contributed by atoms with Crippen LogP contribution in [0.4, 0.5) is 0 Å². The van der Waals surface area contributed by atoms with E-state index in [0.717, 1.165) is 6.42 Å². The highest BCUT2D eigenvalue weighted by Crippen LogP contribution is 2.17. The third kappa shape index (κ3) is 2.45. The highest BCUT2D eigenvalue weighted by atomic mass is 16.2. The second-order valence-electron chi connectivity index (χ2n) is 3.50. The summed E-state index contributed by atoms with van der Waals surface area (Å²) in [6.07, 6.45) is 2.01. The summed E-state index contributed by atoms with van der Waals surface area (Å²) in [6, 6.07) is -0.376. The maximum Gasteiger partial charge on any atom is 0.240 e. The lowest BCUT2D eigenvalue weighted by Crippen LogP contribution is -2.44. The molecular formula is C9H17N3O2. The summed E-state index contributed by atoms with van der Waals surface area (Å²) < 4.78 is 0. The van der Waals surface area contributed by atoms with Crippen molar-refractivity contribution in [3.8, 4) is 0 Å². The standard InChI is InChI=1S/C9H17N3O2/c1-11-5-4-8(13)12-6-2-3-7(12)9(10)14/h7,11H,2-6H2,1H3,(H2,10,14). The van der Waals surface area contributed by atoms with Crippen LogP contribution in [-0.4, -0.2) is 42.9 Å². The minimum atomic E-state index is -0.389. The van der Waals surface area contributed by atoms with Crippen molar-refractivity contribution in [3.63, 3.8) is 0 Å². The molecule has 1 aliphatic rings. The zero-order valence-electron chi connectivity index (χ0n) is 8.45. The van der Waals surface area contributed by atoms with Gasteiger partial charge >= 0.3 is 0 Å². The van der Waals surface area contributed by atoms with Gasteiger partial charge in [-0.25, -0.2) is 0 Å². The van der Waals surface area contributed by atoms with Crippen LogP contribution in [0.5, 0.6) is 0 Å². The fourth-order valence-electron chi connectivity index (χ4n) is 1.74. The van der Waals surface area contributed by atoms with Gasteiger partial charge in [0.15, 0.2) is 0 Å². The van der Waals surface area contributed by atoms with Crippen LogP contribution in [0.2, 0.25) is 0 Å². The smallest absolute Gasteiger partial charge is 0.240 e. The van der Waals surface area contributed by atoms with E-state index in [9.17, 15) is 9.59 Å². The van der Waals surface area contributed by atoms with Gasteiger partial charge in [0, 0.05) is 19.5 Å². The maximum atomic E-state index is 11.6. The van der Waals surface area contributed by atoms with Crippen LogP contribution in [0, 0.1) is 0 Å². The maximum absolute atomic E-state index is 11.6. The molecule has 0 aliphatic carbocycles. The third-order valence-corrected chi connectivity index (χ3v) is 2.49. The number of rotatable bonds is 4. The van der Waals surface area contributed by atoms with E-state index in [4.69, 9.17) is 5.73 Å². The lowest BCUT2D eigenvalue weighted by molar-refractivity contribution is -0.137. The van der Waals surface area contributed by atoms with Gasteiger partial charge in [0.05, 0.1) is 0 Å². The molecule has 1 heterocycles. The summed E-state index contributed by atoms with van der Waals surface area (Å²) in [5, 5.41) is 2.90. The normalized spacial score (nSPS) is 21.2. The van der Waals surface area contributed by atoms with Crippen molar-refractivity contribution in [2.45, 2.75) is 25.3 Å². The SMILES string of the molecule is CNCCC(=O)N1CCCC1C(N)=O. The fourth-order valence-corrected chi connectivity index (χ4v) is 1.74. The number of likely N-dealkylation sites (tertiary alicyclic amines) is 1. The molecular weight excluding hydrogens is 182 g/mol. The molecule has 5 nitrogen and oxygen atoms in total. The molecule has 80 valence electrons. The Hall–Kier alpha value is -1.10. The first-order valence-corrected chi connectivity index (χ1v) is 4.90. The lowest BCUT2D eigenvalue weighted by Gasteiger charge is -2.21. The number of carbonyl (C=O) groups excluding carboxylic acids is 2. The summed E-state index contributed by atoms with van der Waals surface area (Å²) in [5.41, 5.74) is 5.21. The number of amides is 2. The van der Waals surface area contributed by atoms with Crippen LogP contribution < -0.4 is 11.1 Å². The van der Waals surface area contributed by atoms with E-state index < -0.39 is 0 Å². The van der Waals surface area contributed by atoms with Crippen molar-refractivity contribution in [3.05, 3.63) is 0 Å². The van der Waals surface area contributed by atoms with Crippen LogP contribution in [0.3, 0.4) is 0 Å². The first kappa shape index (κ1) is 11.0. The van der Waals surface area contributed by atoms with Crippen LogP contribution in [0.1, 0.15) is 19.3 Å². The Morgan fingerprint density at radius 1 is 1.57 bits per heavy atom. The molecule has 3 N–H and O–H groups in total. The van der Waals surface area contributed by atoms with Gasteiger partial charge in [-0.2, -0.15) is 0 Å². The highest BCUT2D eigenvalue weighted by Gasteiger charge is 2.31. The molecule has 0 spiro atoms. The third-order valence-electron chi connectivity index (χ3n) is 2.49. The molecule has 0 aromatic rings. The van der Waals surface area contributed by atoms with E-state index >= 15 is 0 Å². The van der Waals surface area contributed by atoms with E-state index in [-0.39, 0.29) is 17.9 Å². The number of hydrogen-bond donors (Lipinski definition) is 2. The summed E-state index contributed by atoms with van der Waals surface area (Å²) >= 11 is 0. The first-order chi connectivity index (χ1) is 6.66. The monoisotopic (exact) mass is 199 g/mol. The Balaban J connectivity index is 2.49. The molecule has 1 atom stereocenters. The Morgan fingerprint density at radius 3 is 2.86 bits per heavy atom. The summed E-state index contributed by atoms with van der Waals surface area (Å²) in [5.74, 6) is -0.374. The molecule has 0 radical (unpaired) electrons. The van der Waals surface area contributed by atoms with Crippen LogP contribution in [0.25, 0.3) is 0 Å². The van der Waals surface area contributed by atoms with Crippen molar-refractivity contribution < 1.29 is 9.59 Å². The molecule has 2 amide bonds. The second-order valence-corrected chi connectivity index (χ2v) is 3.50. The first-order valence-electron chi connectivity index (χ1n) is 4.90. The average molecular weight is 199 g/mol. The van der Waals surface area contributed by atoms with E-state index in [1.807, 2.05) is 0 Å². The Labute approximate surface area is 83.6 Å². The van der Waals surface area contributed by atoms with Gasteiger partial charge in [-0.3, -0.25) is 9.59 Å². The second kappa shape index (κ2) is 4.95. The highest BCUT2D eigenvalue weighted by molar-refractivity contribution is 5.87. The molecule has 0 aromatic heterocycles. The Bertz CT molecular complexity index is 230. The van der Waals surface area contributed by atoms with Crippen LogP contribution in [-0.2, 0) is 9.59 Å². The van der Waals surface area contributed by atoms with Gasteiger partial charge in [0.2, 0.25) is 11.8 Å². The zero-order chi connectivity index (χ0) is 10.6. The van der Waals surface area contributed by atoms with E-state index in [1.54, 1.807) is 11.9 Å². The van der Waals surface area contributed by atoms with Crippen LogP contribution >= 0.6 is 0 Å². The zero-order valence-corrected chi connectivity index (χ0v) is 8.45. The van der Waals surface area contributed by atoms with E-state index in [0.29, 0.717) is 25.9 Å². The molecule has 1 aliphatic heterocycles. The molecule has 1 fully saturated rings. The van der Waals surface area contributed by atoms with E-state index in [1.165, 1.54) is 0 Å². The quantitative estimate of drug-likeness (QED) is 0.614. The molecule has 5 heteroatoms. The predicted molar refractivity (Wildman–Crippen MR) is 52.5 cm³/mol. The largest absolute Gasteiger partial charge is 0.368 e. The van der Waals surface area contributed by atoms with Crippen molar-refractivity contribution in [2.75, 3.05) is 20.1 Å². The molecule has 1 saturated heterocycles. The van der Waals surface area contributed by atoms with E-state index in [2.05, 4.69) is 5.32 Å². The van der Waals surface area contributed by atoms with Crippen molar-refractivity contribution in [2.24, 2.45) is 5.73 Å². The fraction of sp³-hybridized carbons (Fsp3) is 0.778. The number of carbonyl (C=O) groups is 2. The lowest BCUT2D eigenvalue weighted by atomic mass is 10.2. The number of nitrogens with two attached hydrogens (primary N) is 1. The summed E-state index contributed by atoms with van der Waals surface area (Å²) in [7, 11) is 1.79. The Morgan fingerprint density at radius 2 is 2.29 bits per heavy atom. The molecule has 1 unspecified atom stereocenters. The van der Waals surface area contributed by atoms with Gasteiger partial charge in [-0.15, -0.1) is 0 Å². The number of nitrogens with one attached hydrogen (secondary N) is 1. The molecule has 1 rings (SSSR count). The molecule has 0 saturated carbocycles. The van der Waals surface area contributed by atoms with Gasteiger partial charge in [0.1, 0.15) is 6.04 Å². The van der Waals surface area contributed by atoms with Gasteiger partial charge in [-0.1, -0.05) is 0 Å². The Kier molecular flexibility index (Phi) is 3.88. The summed E-state index contributed by atoms with van der Waals surface area (Å²) in [6.45, 7) is 1.30. The van der Waals surface area contributed by atoms with Crippen molar-refractivity contribution in [1.29, 1.82) is 0 Å². The van der Waals surface area contributed by atoms with Crippen molar-refractivity contribution >= 4 is 11.8 Å². The number of primary amides is 1. The van der Waals surface area contributed by atoms with Gasteiger partial charge in [-0.05, 0) is 19.9 Å². The minimum Gasteiger partial charge on any atom is -0.368 e. The van der Waals surface area contributed by atoms with Crippen LogP contribution in [0.15, 0.2) is 0 Å². The number of hydrogen-bond acceptors (Lipinski definition) is 3. The molecule has 0 bridgehead atoms. The minimum absolute atomic E-state index is 0.0145. The van der Waals surface area contributed by atoms with Gasteiger partial charge < -0.3 is 16.0 Å². The van der Waals surface area contributed by atoms with Gasteiger partial charge in [0.25, 0.3) is 0 Å². The average Bonchev–Trinajstić information content (AvgIpc) is 2.62. The summed E-state index contributed by atoms with van der Waals surface area (Å²) in [4.78, 5) is 24.2.